The minimum atomic E-state index is -0.614. The van der Waals surface area contributed by atoms with Crippen molar-refractivity contribution in [2.24, 2.45) is 7.05 Å². The van der Waals surface area contributed by atoms with Gasteiger partial charge < -0.3 is 9.64 Å². The van der Waals surface area contributed by atoms with Gasteiger partial charge in [0.25, 0.3) is 5.91 Å². The molecule has 9 nitrogen and oxygen atoms in total. The monoisotopic (exact) mass is 527 g/mol. The number of amides is 3. The number of hydrogen-bond acceptors (Lipinski definition) is 6. The Morgan fingerprint density at radius 3 is 2.69 bits per heavy atom. The lowest BCUT2D eigenvalue weighted by Crippen LogP contribution is -2.52. The fraction of sp³-hybridized carbons (Fsp3) is 0.400. The average molecular weight is 528 g/mol. The minimum absolute atomic E-state index is 0.172. The second kappa shape index (κ2) is 10.6. The maximum Gasteiger partial charge on any atom is 0.255 e. The maximum atomic E-state index is 13.0. The number of piperidine rings is 2. The first-order valence-electron chi connectivity index (χ1n) is 13.7. The van der Waals surface area contributed by atoms with Crippen LogP contribution in [0.1, 0.15) is 53.7 Å². The predicted molar refractivity (Wildman–Crippen MR) is 145 cm³/mol. The largest absolute Gasteiger partial charge is 0.492 e. The zero-order valence-corrected chi connectivity index (χ0v) is 22.1. The number of ether oxygens (including phenoxy) is 1. The second-order valence-electron chi connectivity index (χ2n) is 10.7. The SMILES string of the molecule is Cn1nc(CN2CCCCC2COc2ccc3c(c2)CN(C2CCC(=O)NC2=O)C3=O)cc1-c1ccccc1. The third-order valence-corrected chi connectivity index (χ3v) is 8.05. The lowest BCUT2D eigenvalue weighted by atomic mass is 10.0. The number of aromatic nitrogens is 2. The molecule has 3 aliphatic rings. The van der Waals surface area contributed by atoms with E-state index in [4.69, 9.17) is 9.84 Å². The molecule has 9 heteroatoms. The Kier molecular flexibility index (Phi) is 6.91. The molecule has 0 spiro atoms. The number of carbonyl (C=O) groups is 3. The number of aryl methyl sites for hydroxylation is 1. The molecule has 1 N–H and O–H groups in total. The van der Waals surface area contributed by atoms with E-state index >= 15 is 0 Å². The van der Waals surface area contributed by atoms with Crippen molar-refractivity contribution < 1.29 is 19.1 Å². The molecule has 0 bridgehead atoms. The molecule has 3 amide bonds. The van der Waals surface area contributed by atoms with E-state index in [0.29, 0.717) is 25.1 Å². The molecule has 39 heavy (non-hydrogen) atoms. The average Bonchev–Trinajstić information content (AvgIpc) is 3.47. The van der Waals surface area contributed by atoms with Crippen LogP contribution in [0.5, 0.6) is 5.75 Å². The molecule has 3 aliphatic heterocycles. The van der Waals surface area contributed by atoms with E-state index < -0.39 is 11.9 Å². The summed E-state index contributed by atoms with van der Waals surface area (Å²) in [5, 5.41) is 7.13. The van der Waals surface area contributed by atoms with Gasteiger partial charge in [0.1, 0.15) is 18.4 Å². The van der Waals surface area contributed by atoms with E-state index in [1.165, 1.54) is 6.42 Å². The van der Waals surface area contributed by atoms with Crippen molar-refractivity contribution >= 4 is 17.7 Å². The van der Waals surface area contributed by atoms with Gasteiger partial charge in [0.15, 0.2) is 0 Å². The van der Waals surface area contributed by atoms with E-state index in [2.05, 4.69) is 28.4 Å². The van der Waals surface area contributed by atoms with E-state index in [1.54, 1.807) is 11.0 Å². The van der Waals surface area contributed by atoms with Crippen LogP contribution >= 0.6 is 0 Å². The van der Waals surface area contributed by atoms with Gasteiger partial charge in [-0.15, -0.1) is 0 Å². The van der Waals surface area contributed by atoms with Crippen LogP contribution in [-0.4, -0.2) is 62.5 Å². The van der Waals surface area contributed by atoms with Crippen molar-refractivity contribution in [1.29, 1.82) is 0 Å². The van der Waals surface area contributed by atoms with Crippen LogP contribution in [0.15, 0.2) is 54.6 Å². The van der Waals surface area contributed by atoms with Crippen molar-refractivity contribution in [3.8, 4) is 17.0 Å². The van der Waals surface area contributed by atoms with Crippen molar-refractivity contribution in [3.05, 3.63) is 71.4 Å². The summed E-state index contributed by atoms with van der Waals surface area (Å²) in [6, 6.07) is 17.7. The number of nitrogens with zero attached hydrogens (tertiary/aromatic N) is 4. The molecule has 202 valence electrons. The van der Waals surface area contributed by atoms with Crippen molar-refractivity contribution in [1.82, 2.24) is 24.9 Å². The predicted octanol–water partition coefficient (Wildman–Crippen LogP) is 3.28. The van der Waals surface area contributed by atoms with Gasteiger partial charge in [-0.1, -0.05) is 36.8 Å². The number of benzene rings is 2. The third-order valence-electron chi connectivity index (χ3n) is 8.05. The molecule has 1 aromatic heterocycles. The van der Waals surface area contributed by atoms with Gasteiger partial charge in [-0.05, 0) is 61.2 Å². The third kappa shape index (κ3) is 5.18. The van der Waals surface area contributed by atoms with E-state index in [1.807, 2.05) is 42.1 Å². The van der Waals surface area contributed by atoms with E-state index in [-0.39, 0.29) is 24.3 Å². The smallest absolute Gasteiger partial charge is 0.255 e. The van der Waals surface area contributed by atoms with Gasteiger partial charge in [-0.2, -0.15) is 5.10 Å². The van der Waals surface area contributed by atoms with Crippen LogP contribution in [0.2, 0.25) is 0 Å². The highest BCUT2D eigenvalue weighted by atomic mass is 16.5. The van der Waals surface area contributed by atoms with Gasteiger partial charge in [-0.3, -0.25) is 29.3 Å². The number of rotatable bonds is 7. The van der Waals surface area contributed by atoms with E-state index in [9.17, 15) is 14.4 Å². The van der Waals surface area contributed by atoms with Crippen LogP contribution in [0.3, 0.4) is 0 Å². The zero-order chi connectivity index (χ0) is 26.9. The molecule has 0 aliphatic carbocycles. The van der Waals surface area contributed by atoms with Crippen molar-refractivity contribution in [2.45, 2.75) is 57.3 Å². The van der Waals surface area contributed by atoms with Gasteiger partial charge in [0.05, 0.1) is 11.4 Å². The van der Waals surface area contributed by atoms with Gasteiger partial charge in [-0.25, -0.2) is 0 Å². The summed E-state index contributed by atoms with van der Waals surface area (Å²) in [5.41, 5.74) is 4.76. The summed E-state index contributed by atoms with van der Waals surface area (Å²) in [6.45, 7) is 2.68. The van der Waals surface area contributed by atoms with Gasteiger partial charge >= 0.3 is 0 Å². The number of nitrogens with one attached hydrogen (secondary N) is 1. The first-order chi connectivity index (χ1) is 19.0. The Bertz CT molecular complexity index is 1400. The number of carbonyl (C=O) groups excluding carboxylic acids is 3. The maximum absolute atomic E-state index is 13.0. The Hall–Kier alpha value is -3.98. The molecule has 2 atom stereocenters. The number of hydrogen-bond donors (Lipinski definition) is 1. The highest BCUT2D eigenvalue weighted by Crippen LogP contribution is 2.31. The molecule has 0 saturated carbocycles. The Balaban J connectivity index is 1.10. The lowest BCUT2D eigenvalue weighted by molar-refractivity contribution is -0.136. The fourth-order valence-electron chi connectivity index (χ4n) is 5.98. The summed E-state index contributed by atoms with van der Waals surface area (Å²) in [5.74, 6) is -0.131. The minimum Gasteiger partial charge on any atom is -0.492 e. The quantitative estimate of drug-likeness (QED) is 0.474. The molecular formula is C30H33N5O4. The number of likely N-dealkylation sites (tertiary alicyclic amines) is 1. The summed E-state index contributed by atoms with van der Waals surface area (Å²) in [4.78, 5) is 40.9. The van der Waals surface area contributed by atoms with Crippen molar-refractivity contribution in [2.75, 3.05) is 13.2 Å². The Labute approximate surface area is 227 Å². The first-order valence-corrected chi connectivity index (χ1v) is 13.7. The molecule has 2 aromatic carbocycles. The van der Waals surface area contributed by atoms with E-state index in [0.717, 1.165) is 54.2 Å². The molecular weight excluding hydrogens is 494 g/mol. The van der Waals surface area contributed by atoms with Crippen LogP contribution in [0.4, 0.5) is 0 Å². The van der Waals surface area contributed by atoms with Crippen molar-refractivity contribution in [3.63, 3.8) is 0 Å². The number of imide groups is 1. The molecule has 4 heterocycles. The summed E-state index contributed by atoms with van der Waals surface area (Å²) in [7, 11) is 1.99. The van der Waals surface area contributed by atoms with Gasteiger partial charge in [0, 0.05) is 38.2 Å². The Morgan fingerprint density at radius 2 is 1.87 bits per heavy atom. The fourth-order valence-corrected chi connectivity index (χ4v) is 5.98. The van der Waals surface area contributed by atoms with Crippen LogP contribution in [-0.2, 0) is 29.7 Å². The van der Waals surface area contributed by atoms with Crippen LogP contribution < -0.4 is 10.1 Å². The first kappa shape index (κ1) is 25.3. The number of fused-ring (bicyclic) bond motifs is 1. The second-order valence-corrected chi connectivity index (χ2v) is 10.7. The summed E-state index contributed by atoms with van der Waals surface area (Å²) >= 11 is 0. The standard InChI is InChI=1S/C30H33N5O4/c1-33-27(20-7-3-2-4-8-20)16-22(32-33)18-34-14-6-5-9-23(34)19-39-24-10-11-25-21(15-24)17-35(30(25)38)26-12-13-28(36)31-29(26)37/h2-4,7-8,10-11,15-16,23,26H,5-6,9,12-14,17-19H2,1H3,(H,31,36,37). The lowest BCUT2D eigenvalue weighted by Gasteiger charge is -2.35. The highest BCUT2D eigenvalue weighted by Gasteiger charge is 2.39. The topological polar surface area (TPSA) is 96.8 Å². The molecule has 3 aromatic rings. The molecule has 2 unspecified atom stereocenters. The molecule has 6 rings (SSSR count). The zero-order valence-electron chi connectivity index (χ0n) is 22.1. The highest BCUT2D eigenvalue weighted by molar-refractivity contribution is 6.05. The normalized spacial score (nSPS) is 21.7. The van der Waals surface area contributed by atoms with Crippen LogP contribution in [0.25, 0.3) is 11.3 Å². The molecule has 0 radical (unpaired) electrons. The molecule has 2 fully saturated rings. The summed E-state index contributed by atoms with van der Waals surface area (Å²) < 4.78 is 8.22. The van der Waals surface area contributed by atoms with Gasteiger partial charge in [0.2, 0.25) is 11.8 Å². The summed E-state index contributed by atoms with van der Waals surface area (Å²) in [6.07, 6.45) is 3.99. The van der Waals surface area contributed by atoms with Crippen LogP contribution in [0, 0.1) is 0 Å². The Morgan fingerprint density at radius 1 is 1.03 bits per heavy atom. The molecule has 2 saturated heterocycles.